The van der Waals surface area contributed by atoms with Gasteiger partial charge in [-0.15, -0.1) is 0 Å². The van der Waals surface area contributed by atoms with Gasteiger partial charge in [-0.25, -0.2) is 0 Å². The molecule has 0 rings (SSSR count). The summed E-state index contributed by atoms with van der Waals surface area (Å²) in [5, 5.41) is 4.45. The number of ether oxygens (including phenoxy) is 1. The molecule has 3 heteroatoms. The van der Waals surface area contributed by atoms with Crippen LogP contribution < -0.4 is 5.32 Å². The molecule has 0 radical (unpaired) electrons. The Bertz CT molecular complexity index is 90.6. The van der Waals surface area contributed by atoms with Crippen molar-refractivity contribution in [1.29, 1.82) is 0 Å². The van der Waals surface area contributed by atoms with Crippen molar-refractivity contribution >= 4 is 15.9 Å². The van der Waals surface area contributed by atoms with E-state index in [0.717, 1.165) is 31.5 Å². The van der Waals surface area contributed by atoms with Crippen LogP contribution in [-0.4, -0.2) is 31.1 Å². The predicted molar refractivity (Wildman–Crippen MR) is 57.0 cm³/mol. The van der Waals surface area contributed by atoms with Crippen LogP contribution >= 0.6 is 15.9 Å². The fourth-order valence-corrected chi connectivity index (χ4v) is 1.58. The number of rotatable bonds is 8. The third-order valence-electron chi connectivity index (χ3n) is 1.63. The fraction of sp³-hybridized carbons (Fsp3) is 1.00. The molecule has 0 aromatic heterocycles. The first kappa shape index (κ1) is 12.4. The summed E-state index contributed by atoms with van der Waals surface area (Å²) >= 11 is 3.41. The highest BCUT2D eigenvalue weighted by molar-refractivity contribution is 9.09. The van der Waals surface area contributed by atoms with E-state index in [2.05, 4.69) is 35.1 Å². The maximum Gasteiger partial charge on any atom is 0.0590 e. The van der Waals surface area contributed by atoms with Crippen molar-refractivity contribution in [2.45, 2.75) is 32.7 Å². The third-order valence-corrected chi connectivity index (χ3v) is 2.09. The Morgan fingerprint density at radius 1 is 1.42 bits per heavy atom. The summed E-state index contributed by atoms with van der Waals surface area (Å²) in [4.78, 5) is 0. The topological polar surface area (TPSA) is 21.3 Å². The molecule has 0 aromatic rings. The summed E-state index contributed by atoms with van der Waals surface area (Å²) in [6, 6.07) is 0.592. The molecule has 0 heterocycles. The lowest BCUT2D eigenvalue weighted by Crippen LogP contribution is -2.29. The van der Waals surface area contributed by atoms with E-state index in [1.54, 1.807) is 0 Å². The maximum absolute atomic E-state index is 5.34. The second-order valence-corrected chi connectivity index (χ2v) is 3.74. The highest BCUT2D eigenvalue weighted by atomic mass is 79.9. The molecule has 74 valence electrons. The molecule has 0 saturated heterocycles. The Morgan fingerprint density at radius 3 is 2.75 bits per heavy atom. The zero-order chi connectivity index (χ0) is 9.23. The Hall–Kier alpha value is 0.400. The van der Waals surface area contributed by atoms with Crippen LogP contribution in [0.5, 0.6) is 0 Å². The van der Waals surface area contributed by atoms with Crippen molar-refractivity contribution in [3.8, 4) is 0 Å². The Morgan fingerprint density at radius 2 is 2.17 bits per heavy atom. The second-order valence-electron chi connectivity index (χ2n) is 2.95. The van der Waals surface area contributed by atoms with Gasteiger partial charge >= 0.3 is 0 Å². The smallest absolute Gasteiger partial charge is 0.0590 e. The van der Waals surface area contributed by atoms with Gasteiger partial charge in [-0.2, -0.15) is 0 Å². The molecular formula is C9H20BrNO. The van der Waals surface area contributed by atoms with E-state index in [0.29, 0.717) is 6.04 Å². The maximum atomic E-state index is 5.34. The molecule has 0 aliphatic rings. The van der Waals surface area contributed by atoms with E-state index in [1.807, 2.05) is 0 Å². The molecular weight excluding hydrogens is 218 g/mol. The minimum absolute atomic E-state index is 0.592. The Labute approximate surface area is 84.2 Å². The van der Waals surface area contributed by atoms with Gasteiger partial charge in [-0.1, -0.05) is 22.9 Å². The lowest BCUT2D eigenvalue weighted by atomic mass is 10.3. The van der Waals surface area contributed by atoms with Crippen LogP contribution in [0.2, 0.25) is 0 Å². The van der Waals surface area contributed by atoms with E-state index in [1.165, 1.54) is 6.42 Å². The van der Waals surface area contributed by atoms with E-state index in [4.69, 9.17) is 4.74 Å². The summed E-state index contributed by atoms with van der Waals surface area (Å²) in [7, 11) is 0. The van der Waals surface area contributed by atoms with Crippen molar-refractivity contribution in [3.63, 3.8) is 0 Å². The van der Waals surface area contributed by atoms with Gasteiger partial charge < -0.3 is 10.1 Å². The van der Waals surface area contributed by atoms with Gasteiger partial charge in [0.15, 0.2) is 0 Å². The number of halogens is 1. The van der Waals surface area contributed by atoms with Crippen LogP contribution in [0.1, 0.15) is 26.7 Å². The van der Waals surface area contributed by atoms with E-state index < -0.39 is 0 Å². The van der Waals surface area contributed by atoms with Crippen molar-refractivity contribution in [3.05, 3.63) is 0 Å². The van der Waals surface area contributed by atoms with E-state index in [-0.39, 0.29) is 0 Å². The summed E-state index contributed by atoms with van der Waals surface area (Å²) in [5.74, 6) is 0. The van der Waals surface area contributed by atoms with Crippen LogP contribution in [-0.2, 0) is 4.74 Å². The highest BCUT2D eigenvalue weighted by Crippen LogP contribution is 1.93. The molecule has 0 spiro atoms. The summed E-state index contributed by atoms with van der Waals surface area (Å²) in [5.41, 5.74) is 0. The SMILES string of the molecule is CCCOCCNC(C)CCBr. The van der Waals surface area contributed by atoms with Crippen LogP contribution in [0.25, 0.3) is 0 Å². The molecule has 0 amide bonds. The molecule has 12 heavy (non-hydrogen) atoms. The van der Waals surface area contributed by atoms with Gasteiger partial charge in [0.25, 0.3) is 0 Å². The lowest BCUT2D eigenvalue weighted by molar-refractivity contribution is 0.134. The number of alkyl halides is 1. The van der Waals surface area contributed by atoms with Crippen molar-refractivity contribution < 1.29 is 4.74 Å². The van der Waals surface area contributed by atoms with E-state index in [9.17, 15) is 0 Å². The highest BCUT2D eigenvalue weighted by Gasteiger charge is 1.97. The molecule has 0 saturated carbocycles. The zero-order valence-corrected chi connectivity index (χ0v) is 9.69. The fourth-order valence-electron chi connectivity index (χ4n) is 0.890. The lowest BCUT2D eigenvalue weighted by Gasteiger charge is -2.11. The summed E-state index contributed by atoms with van der Waals surface area (Å²) < 4.78 is 5.34. The average Bonchev–Trinajstić information content (AvgIpc) is 2.05. The first-order valence-corrected chi connectivity index (χ1v) is 5.80. The minimum atomic E-state index is 0.592. The van der Waals surface area contributed by atoms with Crippen molar-refractivity contribution in [2.75, 3.05) is 25.1 Å². The van der Waals surface area contributed by atoms with Gasteiger partial charge in [0.05, 0.1) is 6.61 Å². The van der Waals surface area contributed by atoms with Crippen molar-refractivity contribution in [2.24, 2.45) is 0 Å². The summed E-state index contributed by atoms with van der Waals surface area (Å²) in [6.45, 7) is 7.01. The zero-order valence-electron chi connectivity index (χ0n) is 8.11. The molecule has 1 N–H and O–H groups in total. The third kappa shape index (κ3) is 8.50. The Balaban J connectivity index is 2.97. The number of hydrogen-bond acceptors (Lipinski definition) is 2. The van der Waals surface area contributed by atoms with Gasteiger partial charge in [0.2, 0.25) is 0 Å². The first-order chi connectivity index (χ1) is 5.81. The summed E-state index contributed by atoms with van der Waals surface area (Å²) in [6.07, 6.45) is 2.28. The molecule has 0 aromatic carbocycles. The van der Waals surface area contributed by atoms with Crippen LogP contribution in [0, 0.1) is 0 Å². The molecule has 0 aliphatic heterocycles. The molecule has 0 fully saturated rings. The van der Waals surface area contributed by atoms with Gasteiger partial charge in [0.1, 0.15) is 0 Å². The van der Waals surface area contributed by atoms with Gasteiger partial charge in [-0.05, 0) is 19.8 Å². The van der Waals surface area contributed by atoms with Crippen molar-refractivity contribution in [1.82, 2.24) is 5.32 Å². The quantitative estimate of drug-likeness (QED) is 0.517. The van der Waals surface area contributed by atoms with Crippen LogP contribution in [0.15, 0.2) is 0 Å². The van der Waals surface area contributed by atoms with Crippen LogP contribution in [0.3, 0.4) is 0 Å². The average molecular weight is 238 g/mol. The first-order valence-electron chi connectivity index (χ1n) is 4.68. The second kappa shape index (κ2) is 9.49. The van der Waals surface area contributed by atoms with Crippen LogP contribution in [0.4, 0.5) is 0 Å². The minimum Gasteiger partial charge on any atom is -0.380 e. The molecule has 0 aliphatic carbocycles. The predicted octanol–water partition coefficient (Wildman–Crippen LogP) is 2.18. The Kier molecular flexibility index (Phi) is 9.80. The van der Waals surface area contributed by atoms with Gasteiger partial charge in [0, 0.05) is 24.5 Å². The normalized spacial score (nSPS) is 13.2. The number of hydrogen-bond donors (Lipinski definition) is 1. The molecule has 1 unspecified atom stereocenters. The number of nitrogens with one attached hydrogen (secondary N) is 1. The standard InChI is InChI=1S/C9H20BrNO/c1-3-7-12-8-6-11-9(2)4-5-10/h9,11H,3-8H2,1-2H3. The monoisotopic (exact) mass is 237 g/mol. The molecule has 1 atom stereocenters. The largest absolute Gasteiger partial charge is 0.380 e. The molecule has 0 bridgehead atoms. The van der Waals surface area contributed by atoms with E-state index >= 15 is 0 Å². The van der Waals surface area contributed by atoms with Gasteiger partial charge in [-0.3, -0.25) is 0 Å². The molecule has 2 nitrogen and oxygen atoms in total.